The van der Waals surface area contributed by atoms with E-state index >= 15 is 0 Å². The van der Waals surface area contributed by atoms with Crippen molar-refractivity contribution in [3.05, 3.63) is 33.8 Å². The number of hydrogen-bond acceptors (Lipinski definition) is 1. The molecule has 0 spiro atoms. The van der Waals surface area contributed by atoms with Gasteiger partial charge in [-0.2, -0.15) is 0 Å². The maximum absolute atomic E-state index is 6.11. The summed E-state index contributed by atoms with van der Waals surface area (Å²) in [6, 6.07) is 5.97. The molecule has 19 heavy (non-hydrogen) atoms. The summed E-state index contributed by atoms with van der Waals surface area (Å²) in [5, 5.41) is 1.27. The van der Waals surface area contributed by atoms with E-state index in [-0.39, 0.29) is 5.41 Å². The van der Waals surface area contributed by atoms with E-state index in [2.05, 4.69) is 13.0 Å². The van der Waals surface area contributed by atoms with Crippen LogP contribution in [0, 0.1) is 11.3 Å². The Balaban J connectivity index is 2.15. The van der Waals surface area contributed by atoms with Crippen molar-refractivity contribution in [2.75, 3.05) is 6.54 Å². The van der Waals surface area contributed by atoms with Crippen LogP contribution in [0.4, 0.5) is 0 Å². The summed E-state index contributed by atoms with van der Waals surface area (Å²) >= 11 is 12.1. The first-order valence-corrected chi connectivity index (χ1v) is 7.98. The molecule has 1 aromatic rings. The van der Waals surface area contributed by atoms with Crippen LogP contribution in [-0.4, -0.2) is 6.54 Å². The molecule has 1 nitrogen and oxygen atoms in total. The van der Waals surface area contributed by atoms with E-state index in [1.54, 1.807) is 0 Å². The van der Waals surface area contributed by atoms with E-state index in [0.717, 1.165) is 18.9 Å². The normalized spacial score (nSPS) is 27.5. The Morgan fingerprint density at radius 3 is 2.74 bits per heavy atom. The lowest BCUT2D eigenvalue weighted by Gasteiger charge is -2.40. The Morgan fingerprint density at radius 1 is 1.32 bits per heavy atom. The minimum absolute atomic E-state index is 0.260. The highest BCUT2D eigenvalue weighted by Crippen LogP contribution is 2.42. The van der Waals surface area contributed by atoms with E-state index in [0.29, 0.717) is 10.0 Å². The van der Waals surface area contributed by atoms with Crippen LogP contribution in [-0.2, 0) is 6.42 Å². The van der Waals surface area contributed by atoms with Gasteiger partial charge in [0.1, 0.15) is 0 Å². The van der Waals surface area contributed by atoms with Crippen molar-refractivity contribution in [2.24, 2.45) is 17.1 Å². The minimum atomic E-state index is 0.260. The molecule has 0 amide bonds. The summed E-state index contributed by atoms with van der Waals surface area (Å²) < 4.78 is 0. The molecule has 1 fully saturated rings. The number of nitrogens with two attached hydrogens (primary N) is 1. The molecule has 3 heteroatoms. The van der Waals surface area contributed by atoms with Crippen molar-refractivity contribution in [1.82, 2.24) is 0 Å². The van der Waals surface area contributed by atoms with Crippen LogP contribution in [0.15, 0.2) is 18.2 Å². The first-order chi connectivity index (χ1) is 9.08. The second-order valence-electron chi connectivity index (χ2n) is 6.00. The van der Waals surface area contributed by atoms with Crippen molar-refractivity contribution in [2.45, 2.75) is 45.4 Å². The summed E-state index contributed by atoms with van der Waals surface area (Å²) in [5.74, 6) is 0.833. The molecule has 1 saturated carbocycles. The highest BCUT2D eigenvalue weighted by Gasteiger charge is 2.34. The molecule has 0 aliphatic heterocycles. The lowest BCUT2D eigenvalue weighted by molar-refractivity contribution is 0.142. The smallest absolute Gasteiger partial charge is 0.0595 e. The van der Waals surface area contributed by atoms with E-state index in [4.69, 9.17) is 28.9 Å². The minimum Gasteiger partial charge on any atom is -0.330 e. The number of rotatable bonds is 4. The van der Waals surface area contributed by atoms with Crippen molar-refractivity contribution in [3.8, 4) is 0 Å². The monoisotopic (exact) mass is 299 g/mol. The van der Waals surface area contributed by atoms with Gasteiger partial charge < -0.3 is 5.73 Å². The van der Waals surface area contributed by atoms with Gasteiger partial charge in [0.25, 0.3) is 0 Å². The molecule has 0 aromatic heterocycles. The molecule has 2 unspecified atom stereocenters. The summed E-state index contributed by atoms with van der Waals surface area (Å²) in [7, 11) is 0. The van der Waals surface area contributed by atoms with Gasteiger partial charge in [-0.25, -0.2) is 0 Å². The van der Waals surface area contributed by atoms with Crippen molar-refractivity contribution in [3.63, 3.8) is 0 Å². The second kappa shape index (κ2) is 6.47. The van der Waals surface area contributed by atoms with Crippen molar-refractivity contribution >= 4 is 23.2 Å². The Kier molecular flexibility index (Phi) is 5.16. The molecule has 0 radical (unpaired) electrons. The Labute approximate surface area is 126 Å². The van der Waals surface area contributed by atoms with Crippen LogP contribution in [0.3, 0.4) is 0 Å². The largest absolute Gasteiger partial charge is 0.330 e. The Hall–Kier alpha value is -0.240. The third kappa shape index (κ3) is 3.65. The van der Waals surface area contributed by atoms with E-state index < -0.39 is 0 Å². The molecular formula is C16H23Cl2N. The first kappa shape index (κ1) is 15.2. The number of benzene rings is 1. The summed E-state index contributed by atoms with van der Waals surface area (Å²) in [4.78, 5) is 0. The molecule has 1 aromatic carbocycles. The molecule has 0 heterocycles. The molecule has 1 aliphatic carbocycles. The summed E-state index contributed by atoms with van der Waals surface area (Å²) in [6.07, 6.45) is 7.44. The topological polar surface area (TPSA) is 26.0 Å². The standard InChI is InChI=1S/C16H23Cl2N/c1-2-12-4-3-7-16(9-12,11-19)10-13-5-6-14(17)15(18)8-13/h5-6,8,12H,2-4,7,9-11,19H2,1H3. The summed E-state index contributed by atoms with van der Waals surface area (Å²) in [5.41, 5.74) is 7.63. The van der Waals surface area contributed by atoms with Gasteiger partial charge in [0.2, 0.25) is 0 Å². The van der Waals surface area contributed by atoms with Gasteiger partial charge in [0, 0.05) is 0 Å². The van der Waals surface area contributed by atoms with E-state index in [1.165, 1.54) is 37.7 Å². The lowest BCUT2D eigenvalue weighted by Crippen LogP contribution is -2.37. The van der Waals surface area contributed by atoms with E-state index in [9.17, 15) is 0 Å². The molecule has 2 atom stereocenters. The third-order valence-corrected chi connectivity index (χ3v) is 5.35. The van der Waals surface area contributed by atoms with Gasteiger partial charge in [0.15, 0.2) is 0 Å². The SMILES string of the molecule is CCC1CCCC(CN)(Cc2ccc(Cl)c(Cl)c2)C1. The molecule has 0 bridgehead atoms. The zero-order chi connectivity index (χ0) is 13.9. The zero-order valence-electron chi connectivity index (χ0n) is 11.6. The second-order valence-corrected chi connectivity index (χ2v) is 6.81. The van der Waals surface area contributed by atoms with E-state index in [1.807, 2.05) is 12.1 Å². The maximum atomic E-state index is 6.11. The summed E-state index contributed by atoms with van der Waals surface area (Å²) in [6.45, 7) is 3.06. The van der Waals surface area contributed by atoms with Crippen LogP contribution in [0.5, 0.6) is 0 Å². The molecule has 1 aliphatic rings. The highest BCUT2D eigenvalue weighted by molar-refractivity contribution is 6.42. The van der Waals surface area contributed by atoms with Gasteiger partial charge in [0.05, 0.1) is 10.0 Å². The van der Waals surface area contributed by atoms with Crippen LogP contribution in [0.1, 0.15) is 44.6 Å². The van der Waals surface area contributed by atoms with Crippen LogP contribution >= 0.6 is 23.2 Å². The van der Waals surface area contributed by atoms with Gasteiger partial charge in [-0.15, -0.1) is 0 Å². The fraction of sp³-hybridized carbons (Fsp3) is 0.625. The average Bonchev–Trinajstić information content (AvgIpc) is 2.43. The third-order valence-electron chi connectivity index (χ3n) is 4.61. The lowest BCUT2D eigenvalue weighted by atomic mass is 9.66. The average molecular weight is 300 g/mol. The molecular weight excluding hydrogens is 277 g/mol. The van der Waals surface area contributed by atoms with Crippen LogP contribution in [0.25, 0.3) is 0 Å². The maximum Gasteiger partial charge on any atom is 0.0595 e. The van der Waals surface area contributed by atoms with Crippen molar-refractivity contribution in [1.29, 1.82) is 0 Å². The van der Waals surface area contributed by atoms with Gasteiger partial charge in [-0.05, 0) is 54.8 Å². The van der Waals surface area contributed by atoms with Gasteiger partial charge in [-0.3, -0.25) is 0 Å². The van der Waals surface area contributed by atoms with Crippen molar-refractivity contribution < 1.29 is 0 Å². The Bertz CT molecular complexity index is 433. The van der Waals surface area contributed by atoms with Gasteiger partial charge in [-0.1, -0.05) is 55.5 Å². The molecule has 0 saturated heterocycles. The Morgan fingerprint density at radius 2 is 2.11 bits per heavy atom. The quantitative estimate of drug-likeness (QED) is 0.824. The predicted molar refractivity (Wildman–Crippen MR) is 83.9 cm³/mol. The highest BCUT2D eigenvalue weighted by atomic mass is 35.5. The fourth-order valence-corrected chi connectivity index (χ4v) is 3.75. The number of halogens is 2. The molecule has 2 N–H and O–H groups in total. The predicted octanol–water partition coefficient (Wildman–Crippen LogP) is 5.08. The zero-order valence-corrected chi connectivity index (χ0v) is 13.1. The molecule has 106 valence electrons. The van der Waals surface area contributed by atoms with Crippen LogP contribution in [0.2, 0.25) is 10.0 Å². The molecule has 2 rings (SSSR count). The fourth-order valence-electron chi connectivity index (χ4n) is 3.43. The van der Waals surface area contributed by atoms with Gasteiger partial charge >= 0.3 is 0 Å². The first-order valence-electron chi connectivity index (χ1n) is 7.22. The number of hydrogen-bond donors (Lipinski definition) is 1. The van der Waals surface area contributed by atoms with Crippen LogP contribution < -0.4 is 5.73 Å².